The summed E-state index contributed by atoms with van der Waals surface area (Å²) >= 11 is 0. The minimum Gasteiger partial charge on any atom is -0.371 e. The Labute approximate surface area is 160 Å². The number of nitrogens with zero attached hydrogens (tertiary/aromatic N) is 3. The van der Waals surface area contributed by atoms with Crippen molar-refractivity contribution in [3.05, 3.63) is 29.8 Å². The van der Waals surface area contributed by atoms with Crippen LogP contribution in [0.5, 0.6) is 0 Å². The molecule has 152 valence electrons. The second-order valence-electron chi connectivity index (χ2n) is 7.21. The number of benzene rings is 1. The van der Waals surface area contributed by atoms with E-state index in [4.69, 9.17) is 5.26 Å². The molecule has 2 fully saturated rings. The van der Waals surface area contributed by atoms with Crippen molar-refractivity contribution in [2.45, 2.75) is 43.7 Å². The van der Waals surface area contributed by atoms with Gasteiger partial charge in [0.2, 0.25) is 5.91 Å². The molecule has 0 aliphatic carbocycles. The molecule has 0 saturated carbocycles. The average Bonchev–Trinajstić information content (AvgIpc) is 3.07. The minimum absolute atomic E-state index is 0.0366. The Morgan fingerprint density at radius 1 is 1.21 bits per heavy atom. The molecule has 1 unspecified atom stereocenters. The molecule has 0 spiro atoms. The number of nitrogens with one attached hydrogen (secondary N) is 1. The van der Waals surface area contributed by atoms with E-state index in [2.05, 4.69) is 5.32 Å². The van der Waals surface area contributed by atoms with Crippen molar-refractivity contribution in [3.8, 4) is 6.07 Å². The summed E-state index contributed by atoms with van der Waals surface area (Å²) in [6.07, 6.45) is -3.96. The molecule has 2 atom stereocenters. The van der Waals surface area contributed by atoms with Gasteiger partial charge in [-0.15, -0.1) is 0 Å². The van der Waals surface area contributed by atoms with Gasteiger partial charge in [0, 0.05) is 31.2 Å². The largest absolute Gasteiger partial charge is 0.416 e. The van der Waals surface area contributed by atoms with Crippen LogP contribution in [0.2, 0.25) is 0 Å². The molecule has 2 saturated heterocycles. The maximum atomic E-state index is 13.4. The molecule has 2 heterocycles. The fourth-order valence-electron chi connectivity index (χ4n) is 3.72. The fraction of sp³-hybridized carbons (Fsp3) is 0.579. The number of hydrogen-bond donors (Lipinski definition) is 1. The summed E-state index contributed by atoms with van der Waals surface area (Å²) in [7, 11) is 0. The molecule has 2 aliphatic heterocycles. The van der Waals surface area contributed by atoms with E-state index in [-0.39, 0.29) is 31.5 Å². The van der Waals surface area contributed by atoms with Crippen molar-refractivity contribution in [1.82, 2.24) is 10.2 Å². The van der Waals surface area contributed by atoms with Crippen LogP contribution in [0.4, 0.5) is 23.2 Å². The molecule has 3 rings (SSSR count). The number of carbonyl (C=O) groups is 1. The molecule has 1 amide bonds. The Kier molecular flexibility index (Phi) is 6.08. The van der Waals surface area contributed by atoms with Gasteiger partial charge in [0.25, 0.3) is 0 Å². The van der Waals surface area contributed by atoms with Gasteiger partial charge in [0.15, 0.2) is 0 Å². The lowest BCUT2D eigenvalue weighted by atomic mass is 10.0. The summed E-state index contributed by atoms with van der Waals surface area (Å²) in [6.45, 7) is 1.34. The van der Waals surface area contributed by atoms with Crippen LogP contribution >= 0.6 is 0 Å². The number of carbonyl (C=O) groups excluding carboxylic acids is 1. The Balaban J connectivity index is 1.45. The van der Waals surface area contributed by atoms with Crippen LogP contribution in [0.1, 0.15) is 24.8 Å². The van der Waals surface area contributed by atoms with E-state index in [1.165, 1.54) is 17.0 Å². The highest BCUT2D eigenvalue weighted by Crippen LogP contribution is 2.31. The van der Waals surface area contributed by atoms with Gasteiger partial charge in [-0.1, -0.05) is 0 Å². The van der Waals surface area contributed by atoms with Crippen LogP contribution in [-0.2, 0) is 11.0 Å². The van der Waals surface area contributed by atoms with Gasteiger partial charge in [-0.2, -0.15) is 18.4 Å². The van der Waals surface area contributed by atoms with E-state index >= 15 is 0 Å². The summed E-state index contributed by atoms with van der Waals surface area (Å²) in [6, 6.07) is 6.47. The normalized spacial score (nSPS) is 23.7. The highest BCUT2D eigenvalue weighted by atomic mass is 19.4. The van der Waals surface area contributed by atoms with Crippen LogP contribution in [-0.4, -0.2) is 55.2 Å². The minimum atomic E-state index is -4.34. The first-order chi connectivity index (χ1) is 13.3. The Morgan fingerprint density at radius 3 is 2.43 bits per heavy atom. The molecule has 9 heteroatoms. The summed E-state index contributed by atoms with van der Waals surface area (Å²) in [5.74, 6) is -0.281. The average molecular weight is 398 g/mol. The Bertz CT molecular complexity index is 723. The molecule has 0 radical (unpaired) electrons. The third-order valence-corrected chi connectivity index (χ3v) is 5.32. The highest BCUT2D eigenvalue weighted by molar-refractivity contribution is 5.79. The summed E-state index contributed by atoms with van der Waals surface area (Å²) in [4.78, 5) is 15.5. The van der Waals surface area contributed by atoms with Crippen molar-refractivity contribution in [2.75, 3.05) is 31.1 Å². The topological polar surface area (TPSA) is 59.4 Å². The van der Waals surface area contributed by atoms with Crippen molar-refractivity contribution < 1.29 is 22.4 Å². The first-order valence-corrected chi connectivity index (χ1v) is 9.26. The van der Waals surface area contributed by atoms with E-state index < -0.39 is 24.0 Å². The zero-order valence-corrected chi connectivity index (χ0v) is 15.3. The SMILES string of the molecule is N#CC1C[C@H](F)CN1C(=O)CNC1CCN(c2ccc(C(F)(F)F)cc2)CC1. The molecule has 2 aliphatic rings. The Morgan fingerprint density at radius 2 is 1.86 bits per heavy atom. The van der Waals surface area contributed by atoms with Gasteiger partial charge in [-0.3, -0.25) is 4.79 Å². The van der Waals surface area contributed by atoms with Gasteiger partial charge in [0.05, 0.1) is 24.7 Å². The van der Waals surface area contributed by atoms with E-state index in [1.54, 1.807) is 0 Å². The van der Waals surface area contributed by atoms with Crippen LogP contribution in [0.25, 0.3) is 0 Å². The number of rotatable bonds is 4. The van der Waals surface area contributed by atoms with Crippen LogP contribution in [0.3, 0.4) is 0 Å². The molecule has 1 aromatic rings. The molecule has 1 aromatic carbocycles. The number of hydrogen-bond acceptors (Lipinski definition) is 4. The number of alkyl halides is 4. The molecule has 28 heavy (non-hydrogen) atoms. The van der Waals surface area contributed by atoms with Gasteiger partial charge >= 0.3 is 6.18 Å². The van der Waals surface area contributed by atoms with E-state index in [0.717, 1.165) is 30.7 Å². The zero-order valence-electron chi connectivity index (χ0n) is 15.3. The van der Waals surface area contributed by atoms with Gasteiger partial charge in [-0.05, 0) is 37.1 Å². The maximum Gasteiger partial charge on any atom is 0.416 e. The van der Waals surface area contributed by atoms with Crippen LogP contribution in [0.15, 0.2) is 24.3 Å². The first kappa shape index (κ1) is 20.4. The van der Waals surface area contributed by atoms with Crippen molar-refractivity contribution in [3.63, 3.8) is 0 Å². The second kappa shape index (κ2) is 8.35. The highest BCUT2D eigenvalue weighted by Gasteiger charge is 2.35. The number of likely N-dealkylation sites (tertiary alicyclic amines) is 1. The number of amides is 1. The fourth-order valence-corrected chi connectivity index (χ4v) is 3.72. The third-order valence-electron chi connectivity index (χ3n) is 5.32. The monoisotopic (exact) mass is 398 g/mol. The van der Waals surface area contributed by atoms with E-state index in [0.29, 0.717) is 13.1 Å². The molecule has 0 bridgehead atoms. The Hall–Kier alpha value is -2.34. The van der Waals surface area contributed by atoms with Gasteiger partial charge in [0.1, 0.15) is 12.2 Å². The standard InChI is InChI=1S/C19H22F4N4O/c20-14-9-17(10-24)27(12-14)18(28)11-25-15-5-7-26(8-6-15)16-3-1-13(2-4-16)19(21,22)23/h1-4,14-15,17,25H,5-9,11-12H2/t14-,17?/m0/s1. The smallest absolute Gasteiger partial charge is 0.371 e. The molecule has 0 aromatic heterocycles. The second-order valence-corrected chi connectivity index (χ2v) is 7.21. The number of nitriles is 1. The lowest BCUT2D eigenvalue weighted by Gasteiger charge is -2.34. The van der Waals surface area contributed by atoms with Gasteiger partial charge in [-0.25, -0.2) is 4.39 Å². The number of anilines is 1. The van der Waals surface area contributed by atoms with Crippen LogP contribution < -0.4 is 10.2 Å². The van der Waals surface area contributed by atoms with Crippen molar-refractivity contribution in [2.24, 2.45) is 0 Å². The van der Waals surface area contributed by atoms with Crippen LogP contribution in [0, 0.1) is 11.3 Å². The third kappa shape index (κ3) is 4.73. The van der Waals surface area contributed by atoms with E-state index in [9.17, 15) is 22.4 Å². The maximum absolute atomic E-state index is 13.4. The first-order valence-electron chi connectivity index (χ1n) is 9.26. The summed E-state index contributed by atoms with van der Waals surface area (Å²) in [5, 5.41) is 12.2. The van der Waals surface area contributed by atoms with E-state index in [1.807, 2.05) is 11.0 Å². The quantitative estimate of drug-likeness (QED) is 0.793. The summed E-state index contributed by atoms with van der Waals surface area (Å²) < 4.78 is 51.4. The molecule has 1 N–H and O–H groups in total. The lowest BCUT2D eigenvalue weighted by molar-refractivity contribution is -0.137. The number of halogens is 4. The molecular weight excluding hydrogens is 376 g/mol. The molecular formula is C19H22F4N4O. The zero-order chi connectivity index (χ0) is 20.3. The van der Waals surface area contributed by atoms with Crippen molar-refractivity contribution >= 4 is 11.6 Å². The van der Waals surface area contributed by atoms with Crippen molar-refractivity contribution in [1.29, 1.82) is 5.26 Å². The lowest BCUT2D eigenvalue weighted by Crippen LogP contribution is -2.47. The molecule has 5 nitrogen and oxygen atoms in total. The predicted octanol–water partition coefficient (Wildman–Crippen LogP) is 2.73. The predicted molar refractivity (Wildman–Crippen MR) is 95.3 cm³/mol. The van der Waals surface area contributed by atoms with Gasteiger partial charge < -0.3 is 15.1 Å². The summed E-state index contributed by atoms with van der Waals surface area (Å²) in [5.41, 5.74) is 0.0739. The number of piperidine rings is 1.